The molecule has 55 heavy (non-hydrogen) atoms. The van der Waals surface area contributed by atoms with Crippen molar-refractivity contribution >= 4 is 56.7 Å². The molecule has 1 aromatic carbocycles. The Morgan fingerprint density at radius 3 is 2.64 bits per heavy atom. The second-order valence-corrected chi connectivity index (χ2v) is 17.6. The first kappa shape index (κ1) is 44.6. The molecule has 11 nitrogen and oxygen atoms in total. The summed E-state index contributed by atoms with van der Waals surface area (Å²) in [4.78, 5) is 42.9. The first-order chi connectivity index (χ1) is 26.1. The van der Waals surface area contributed by atoms with E-state index in [1.165, 1.54) is 7.11 Å². The maximum atomic E-state index is 13.8. The summed E-state index contributed by atoms with van der Waals surface area (Å²) < 4.78 is 23.3. The molecule has 3 aliphatic rings. The largest absolute Gasteiger partial charge is 0.495 e. The zero-order chi connectivity index (χ0) is 40.5. The summed E-state index contributed by atoms with van der Waals surface area (Å²) >= 11 is 6.73. The van der Waals surface area contributed by atoms with Gasteiger partial charge >= 0.3 is 6.09 Å². The first-order valence-electron chi connectivity index (χ1n) is 18.6. The van der Waals surface area contributed by atoms with E-state index in [0.717, 1.165) is 28.3 Å². The number of ether oxygens (including phenoxy) is 4. The predicted molar refractivity (Wildman–Crippen MR) is 220 cm³/mol. The van der Waals surface area contributed by atoms with Gasteiger partial charge < -0.3 is 29.0 Å². The Labute approximate surface area is 338 Å². The average molecular weight is 818 g/mol. The Morgan fingerprint density at radius 1 is 1.25 bits per heavy atom. The number of hydrogen-bond donors (Lipinski definition) is 2. The second kappa shape index (κ2) is 19.9. The lowest BCUT2D eigenvalue weighted by molar-refractivity contribution is -0.142. The van der Waals surface area contributed by atoms with Crippen molar-refractivity contribution in [3.8, 4) is 5.75 Å². The summed E-state index contributed by atoms with van der Waals surface area (Å²) in [6, 6.07) is 9.61. The third-order valence-electron chi connectivity index (χ3n) is 10.7. The fourth-order valence-electron chi connectivity index (χ4n) is 7.25. The van der Waals surface area contributed by atoms with Crippen LogP contribution in [0, 0.1) is 17.8 Å². The van der Waals surface area contributed by atoms with Gasteiger partial charge in [-0.3, -0.25) is 14.9 Å². The van der Waals surface area contributed by atoms with Crippen molar-refractivity contribution in [1.82, 2.24) is 10.3 Å². The van der Waals surface area contributed by atoms with E-state index in [4.69, 9.17) is 30.5 Å². The Kier molecular flexibility index (Phi) is 16.1. The Hall–Kier alpha value is -3.07. The van der Waals surface area contributed by atoms with Gasteiger partial charge in [0, 0.05) is 57.2 Å². The van der Waals surface area contributed by atoms with Gasteiger partial charge in [-0.15, -0.1) is 0 Å². The van der Waals surface area contributed by atoms with Gasteiger partial charge in [-0.05, 0) is 73.7 Å². The Bertz CT molecular complexity index is 1710. The van der Waals surface area contributed by atoms with Crippen molar-refractivity contribution in [3.05, 3.63) is 70.9 Å². The van der Waals surface area contributed by atoms with E-state index in [1.54, 1.807) is 65.9 Å². The molecule has 14 heteroatoms. The fraction of sp³-hybridized carbons (Fsp3) is 0.561. The molecule has 0 spiro atoms. The number of alkyl carbamates (subject to hydrolysis) is 1. The predicted octanol–water partition coefficient (Wildman–Crippen LogP) is 8.22. The molecule has 2 saturated heterocycles. The summed E-state index contributed by atoms with van der Waals surface area (Å²) in [7, 11) is 8.08. The number of halogens is 1. The highest BCUT2D eigenvalue weighted by atomic mass is 35.5. The molecule has 2 N–H and O–H groups in total. The zero-order valence-electron chi connectivity index (χ0n) is 33.3. The molecule has 8 atom stereocenters. The van der Waals surface area contributed by atoms with Gasteiger partial charge in [0.15, 0.2) is 5.72 Å². The third-order valence-corrected chi connectivity index (χ3v) is 13.4. The molecule has 0 aliphatic carbocycles. The van der Waals surface area contributed by atoms with Crippen LogP contribution in [0.4, 0.5) is 10.5 Å². The van der Waals surface area contributed by atoms with Crippen LogP contribution in [-0.4, -0.2) is 84.5 Å². The number of aromatic nitrogens is 1. The van der Waals surface area contributed by atoms with E-state index in [1.807, 2.05) is 57.2 Å². The van der Waals surface area contributed by atoms with Crippen molar-refractivity contribution in [2.45, 2.75) is 108 Å². The number of Topliss-reactive ketones (excluding diaryl/α,β-unsaturated/α-hetero) is 1. The second-order valence-electron chi connectivity index (χ2n) is 14.8. The molecule has 2 amide bonds. The number of fused-ring (bicyclic) bond motifs is 5. The van der Waals surface area contributed by atoms with E-state index >= 15 is 0 Å². The van der Waals surface area contributed by atoms with E-state index in [9.17, 15) is 19.5 Å². The first-order valence-corrected chi connectivity index (χ1v) is 21.3. The number of aliphatic hydroxyl groups is 1. The number of amides is 2. The number of rotatable bonds is 9. The van der Waals surface area contributed by atoms with Gasteiger partial charge in [0.05, 0.1) is 24.5 Å². The number of anilines is 1. The minimum Gasteiger partial charge on any atom is -0.495 e. The number of carbonyl (C=O) groups excluding carboxylic acids is 3. The molecule has 8 unspecified atom stereocenters. The van der Waals surface area contributed by atoms with Crippen molar-refractivity contribution in [1.29, 1.82) is 0 Å². The molecule has 1 aromatic heterocycles. The van der Waals surface area contributed by atoms with E-state index < -0.39 is 29.6 Å². The highest BCUT2D eigenvalue weighted by Crippen LogP contribution is 2.53. The number of carbonyl (C=O) groups is 3. The van der Waals surface area contributed by atoms with Gasteiger partial charge in [0.25, 0.3) is 0 Å². The van der Waals surface area contributed by atoms with E-state index in [-0.39, 0.29) is 48.4 Å². The molecule has 3 aliphatic heterocycles. The van der Waals surface area contributed by atoms with E-state index in [0.29, 0.717) is 29.3 Å². The van der Waals surface area contributed by atoms with Crippen LogP contribution in [0.3, 0.4) is 0 Å². The number of methoxy groups -OCH3 is 2. The summed E-state index contributed by atoms with van der Waals surface area (Å²) in [5, 5.41) is 15.5. The lowest BCUT2D eigenvalue weighted by Gasteiger charge is -2.42. The van der Waals surface area contributed by atoms with E-state index in [2.05, 4.69) is 24.1 Å². The quantitative estimate of drug-likeness (QED) is 0.144. The van der Waals surface area contributed by atoms with Gasteiger partial charge in [0.1, 0.15) is 33.8 Å². The number of hydrogen-bond acceptors (Lipinski definition) is 11. The van der Waals surface area contributed by atoms with Crippen LogP contribution < -0.4 is 15.0 Å². The molecule has 4 heterocycles. The monoisotopic (exact) mass is 817 g/mol. The summed E-state index contributed by atoms with van der Waals surface area (Å²) in [5.41, 5.74) is 0.231. The molecular formula is C41H56ClN3O8S2. The number of pyridine rings is 1. The summed E-state index contributed by atoms with van der Waals surface area (Å²) in [6.45, 7) is 11.8. The number of nitrogens with zero attached hydrogens (tertiary/aromatic N) is 2. The van der Waals surface area contributed by atoms with Crippen molar-refractivity contribution in [3.63, 3.8) is 0 Å². The van der Waals surface area contributed by atoms with Crippen LogP contribution in [0.15, 0.2) is 65.4 Å². The lowest BCUT2D eigenvalue weighted by Crippen LogP contribution is -2.63. The highest BCUT2D eigenvalue weighted by Gasteiger charge is 2.63. The standard InChI is InChI=1S/C32H45ClN2O7.C9H11NOS2/c1-9-19(3)22-16-27(36)35(6)23-14-21(15-24(39-7)28(23)33)13-18(2)11-10-12-26(40-8)32(38)17-25(41-30(37)34-32)20(4)29-31(22,5)42-29;1-8(11)5-7-12-13-9-4-2-3-6-10-9/h10-12,14-15,19-20,22,25-26,29,38H,9,13,16-17H2,1-8H3,(H,34,37);2-4,6H,5,7H2,1H3/b12-10+,18-11+;. The molecule has 2 fully saturated rings. The number of epoxide rings is 1. The Balaban J connectivity index is 0.000000437. The molecule has 4 bridgehead atoms. The summed E-state index contributed by atoms with van der Waals surface area (Å²) in [6.07, 6.45) is 7.23. The lowest BCUT2D eigenvalue weighted by atomic mass is 9.74. The third kappa shape index (κ3) is 11.5. The van der Waals surface area contributed by atoms with Crippen molar-refractivity contribution in [2.75, 3.05) is 31.9 Å². The minimum atomic E-state index is -1.68. The van der Waals surface area contributed by atoms with Crippen LogP contribution >= 0.6 is 33.2 Å². The van der Waals surface area contributed by atoms with Crippen LogP contribution in [-0.2, 0) is 30.2 Å². The maximum absolute atomic E-state index is 13.8. The number of benzene rings is 1. The Morgan fingerprint density at radius 2 is 2.00 bits per heavy atom. The van der Waals surface area contributed by atoms with Gasteiger partial charge in [-0.25, -0.2) is 9.78 Å². The molecule has 0 radical (unpaired) electrons. The van der Waals surface area contributed by atoms with Crippen LogP contribution in [0.5, 0.6) is 5.75 Å². The van der Waals surface area contributed by atoms with Crippen molar-refractivity contribution < 1.29 is 38.4 Å². The molecule has 0 saturated carbocycles. The number of allylic oxidation sites excluding steroid dienone is 3. The van der Waals surface area contributed by atoms with Gasteiger partial charge in [-0.2, -0.15) is 0 Å². The normalized spacial score (nSPS) is 30.3. The molecular weight excluding hydrogens is 762 g/mol. The smallest absolute Gasteiger partial charge is 0.409 e. The number of nitrogens with one attached hydrogen (secondary N) is 1. The average Bonchev–Trinajstić information content (AvgIpc) is 3.85. The van der Waals surface area contributed by atoms with Crippen LogP contribution in [0.2, 0.25) is 5.02 Å². The SMILES string of the molecule is CC(=O)CCSSc1ccccn1.CCC(C)C1CC(=O)N(C)c2cc(cc(OC)c2Cl)C/C(C)=C/C=C/C(OC)C2(O)CC(OC(=O)N2)C(C)C2OC12C. The minimum absolute atomic E-state index is 0.0803. The van der Waals surface area contributed by atoms with Gasteiger partial charge in [0.2, 0.25) is 5.91 Å². The molecule has 302 valence electrons. The van der Waals surface area contributed by atoms with Crippen LogP contribution in [0.25, 0.3) is 0 Å². The summed E-state index contributed by atoms with van der Waals surface area (Å²) in [5.74, 6) is 1.35. The zero-order valence-corrected chi connectivity index (χ0v) is 35.7. The maximum Gasteiger partial charge on any atom is 0.409 e. The van der Waals surface area contributed by atoms with Crippen molar-refractivity contribution in [2.24, 2.45) is 17.8 Å². The molecule has 5 rings (SSSR count). The fourth-order valence-corrected chi connectivity index (χ4v) is 9.53. The van der Waals surface area contributed by atoms with Gasteiger partial charge in [-0.1, -0.05) is 79.5 Å². The number of ketones is 1. The topological polar surface area (TPSA) is 140 Å². The van der Waals surface area contributed by atoms with Crippen LogP contribution in [0.1, 0.15) is 72.8 Å². The highest BCUT2D eigenvalue weighted by molar-refractivity contribution is 8.76. The molecule has 2 aromatic rings.